The second kappa shape index (κ2) is 11.0. The van der Waals surface area contributed by atoms with Gasteiger partial charge >= 0.3 is 0 Å². The number of aryl methyl sites for hydroxylation is 1. The largest absolute Gasteiger partial charge is 0.490 e. The molecule has 0 atom stereocenters. The van der Waals surface area contributed by atoms with Gasteiger partial charge in [0.25, 0.3) is 0 Å². The van der Waals surface area contributed by atoms with Crippen molar-refractivity contribution in [3.8, 4) is 11.5 Å². The molecule has 27 heavy (non-hydrogen) atoms. The quantitative estimate of drug-likeness (QED) is 0.494. The molecule has 3 nitrogen and oxygen atoms in total. The summed E-state index contributed by atoms with van der Waals surface area (Å²) in [7, 11) is 0. The maximum absolute atomic E-state index is 5.80. The molecule has 0 aliphatic heterocycles. The van der Waals surface area contributed by atoms with Crippen LogP contribution in [0.3, 0.4) is 0 Å². The van der Waals surface area contributed by atoms with Crippen LogP contribution in [0, 0.1) is 0 Å². The lowest BCUT2D eigenvalue weighted by Crippen LogP contribution is -2.15. The number of hydrogen-bond acceptors (Lipinski definition) is 3. The Morgan fingerprint density at radius 3 is 2.04 bits per heavy atom. The van der Waals surface area contributed by atoms with Crippen LogP contribution in [0.4, 0.5) is 0 Å². The Labute approximate surface area is 162 Å². The summed E-state index contributed by atoms with van der Waals surface area (Å²) in [5.74, 6) is 1.75. The topological polar surface area (TPSA) is 30.5 Å². The van der Waals surface area contributed by atoms with Crippen LogP contribution < -0.4 is 14.8 Å². The molecule has 0 radical (unpaired) electrons. The van der Waals surface area contributed by atoms with Crippen molar-refractivity contribution in [1.29, 1.82) is 0 Å². The van der Waals surface area contributed by atoms with E-state index in [9.17, 15) is 0 Å². The molecule has 0 saturated heterocycles. The van der Waals surface area contributed by atoms with E-state index in [1.165, 1.54) is 11.1 Å². The fourth-order valence-electron chi connectivity index (χ4n) is 2.88. The normalized spacial score (nSPS) is 10.5. The molecule has 0 fully saturated rings. The van der Waals surface area contributed by atoms with Crippen molar-refractivity contribution in [1.82, 2.24) is 5.32 Å². The van der Waals surface area contributed by atoms with Gasteiger partial charge in [0, 0.05) is 6.54 Å². The molecule has 0 heterocycles. The van der Waals surface area contributed by atoms with Gasteiger partial charge in [0.1, 0.15) is 24.7 Å². The molecule has 0 aromatic heterocycles. The SMILES string of the molecule is c1ccc(CCCNCc2cccc(OCCOc3ccccc3)c2)cc1. The van der Waals surface area contributed by atoms with Crippen LogP contribution in [-0.2, 0) is 13.0 Å². The molecule has 0 bridgehead atoms. The second-order valence-corrected chi connectivity index (χ2v) is 6.42. The summed E-state index contributed by atoms with van der Waals surface area (Å²) >= 11 is 0. The zero-order valence-electron chi connectivity index (χ0n) is 15.6. The molecular formula is C24H27NO2. The van der Waals surface area contributed by atoms with E-state index in [1.54, 1.807) is 0 Å². The maximum Gasteiger partial charge on any atom is 0.122 e. The lowest BCUT2D eigenvalue weighted by atomic mass is 10.1. The molecule has 0 spiro atoms. The lowest BCUT2D eigenvalue weighted by Gasteiger charge is -2.10. The highest BCUT2D eigenvalue weighted by atomic mass is 16.5. The minimum atomic E-state index is 0.531. The molecule has 3 heteroatoms. The molecule has 140 valence electrons. The third-order valence-corrected chi connectivity index (χ3v) is 4.25. The first-order valence-electron chi connectivity index (χ1n) is 9.54. The molecule has 0 aliphatic carbocycles. The van der Waals surface area contributed by atoms with Gasteiger partial charge in [0.15, 0.2) is 0 Å². The van der Waals surface area contributed by atoms with E-state index in [0.29, 0.717) is 13.2 Å². The number of para-hydroxylation sites is 1. The van der Waals surface area contributed by atoms with Gasteiger partial charge < -0.3 is 14.8 Å². The summed E-state index contributed by atoms with van der Waals surface area (Å²) in [6, 6.07) is 28.7. The van der Waals surface area contributed by atoms with Gasteiger partial charge in [0.2, 0.25) is 0 Å². The Kier molecular flexibility index (Phi) is 7.77. The van der Waals surface area contributed by atoms with Crippen molar-refractivity contribution in [2.24, 2.45) is 0 Å². The van der Waals surface area contributed by atoms with Crippen molar-refractivity contribution in [3.63, 3.8) is 0 Å². The monoisotopic (exact) mass is 361 g/mol. The van der Waals surface area contributed by atoms with E-state index in [4.69, 9.17) is 9.47 Å². The van der Waals surface area contributed by atoms with Crippen LogP contribution in [-0.4, -0.2) is 19.8 Å². The van der Waals surface area contributed by atoms with E-state index in [1.807, 2.05) is 42.5 Å². The minimum Gasteiger partial charge on any atom is -0.490 e. The average molecular weight is 361 g/mol. The minimum absolute atomic E-state index is 0.531. The smallest absolute Gasteiger partial charge is 0.122 e. The molecule has 0 aliphatic rings. The van der Waals surface area contributed by atoms with Crippen molar-refractivity contribution in [3.05, 3.63) is 96.1 Å². The molecule has 0 amide bonds. The molecule has 3 aromatic rings. The fraction of sp³-hybridized carbons (Fsp3) is 0.250. The first kappa shape index (κ1) is 19.0. The zero-order chi connectivity index (χ0) is 18.6. The Balaban J connectivity index is 1.32. The molecular weight excluding hydrogens is 334 g/mol. The van der Waals surface area contributed by atoms with Crippen molar-refractivity contribution < 1.29 is 9.47 Å². The van der Waals surface area contributed by atoms with Crippen LogP contribution >= 0.6 is 0 Å². The number of rotatable bonds is 11. The fourth-order valence-corrected chi connectivity index (χ4v) is 2.88. The van der Waals surface area contributed by atoms with Gasteiger partial charge in [-0.15, -0.1) is 0 Å². The number of hydrogen-bond donors (Lipinski definition) is 1. The highest BCUT2D eigenvalue weighted by Gasteiger charge is 1.99. The van der Waals surface area contributed by atoms with E-state index in [0.717, 1.165) is 37.4 Å². The summed E-state index contributed by atoms with van der Waals surface area (Å²) in [5.41, 5.74) is 2.63. The molecule has 3 rings (SSSR count). The number of ether oxygens (including phenoxy) is 2. The van der Waals surface area contributed by atoms with Gasteiger partial charge in [0.05, 0.1) is 0 Å². The van der Waals surface area contributed by atoms with Crippen molar-refractivity contribution in [2.75, 3.05) is 19.8 Å². The summed E-state index contributed by atoms with van der Waals surface area (Å²) in [4.78, 5) is 0. The van der Waals surface area contributed by atoms with E-state index >= 15 is 0 Å². The van der Waals surface area contributed by atoms with E-state index < -0.39 is 0 Å². The second-order valence-electron chi connectivity index (χ2n) is 6.42. The van der Waals surface area contributed by atoms with Gasteiger partial charge in [-0.25, -0.2) is 0 Å². The highest BCUT2D eigenvalue weighted by Crippen LogP contribution is 2.14. The van der Waals surface area contributed by atoms with Gasteiger partial charge in [-0.3, -0.25) is 0 Å². The van der Waals surface area contributed by atoms with Crippen LogP contribution in [0.1, 0.15) is 17.5 Å². The van der Waals surface area contributed by atoms with Crippen LogP contribution in [0.15, 0.2) is 84.9 Å². The average Bonchev–Trinajstić information content (AvgIpc) is 2.73. The van der Waals surface area contributed by atoms with Crippen LogP contribution in [0.5, 0.6) is 11.5 Å². The van der Waals surface area contributed by atoms with Crippen molar-refractivity contribution in [2.45, 2.75) is 19.4 Å². The lowest BCUT2D eigenvalue weighted by molar-refractivity contribution is 0.217. The predicted molar refractivity (Wildman–Crippen MR) is 110 cm³/mol. The zero-order valence-corrected chi connectivity index (χ0v) is 15.6. The first-order chi connectivity index (χ1) is 13.4. The van der Waals surface area contributed by atoms with E-state index in [-0.39, 0.29) is 0 Å². The Hall–Kier alpha value is -2.78. The third-order valence-electron chi connectivity index (χ3n) is 4.25. The van der Waals surface area contributed by atoms with Gasteiger partial charge in [-0.1, -0.05) is 60.7 Å². The predicted octanol–water partition coefficient (Wildman–Crippen LogP) is 4.87. The van der Waals surface area contributed by atoms with Crippen LogP contribution in [0.25, 0.3) is 0 Å². The van der Waals surface area contributed by atoms with Gasteiger partial charge in [-0.05, 0) is 54.8 Å². The molecule has 0 unspecified atom stereocenters. The standard InChI is InChI=1S/C24H27NO2/c1-3-9-21(10-4-1)12-8-16-25-20-22-11-7-15-24(19-22)27-18-17-26-23-13-5-2-6-14-23/h1-7,9-11,13-15,19,25H,8,12,16-18,20H2. The number of nitrogens with one attached hydrogen (secondary N) is 1. The Morgan fingerprint density at radius 2 is 1.26 bits per heavy atom. The Morgan fingerprint density at radius 1 is 0.630 bits per heavy atom. The van der Waals surface area contributed by atoms with E-state index in [2.05, 4.69) is 47.8 Å². The molecule has 1 N–H and O–H groups in total. The van der Waals surface area contributed by atoms with Crippen LogP contribution in [0.2, 0.25) is 0 Å². The Bertz CT molecular complexity index is 775. The summed E-state index contributed by atoms with van der Waals surface area (Å²) in [6.07, 6.45) is 2.25. The summed E-state index contributed by atoms with van der Waals surface area (Å²) in [6.45, 7) is 2.92. The highest BCUT2D eigenvalue weighted by molar-refractivity contribution is 5.28. The first-order valence-corrected chi connectivity index (χ1v) is 9.54. The molecule has 0 saturated carbocycles. The third kappa shape index (κ3) is 7.16. The summed E-state index contributed by atoms with van der Waals surface area (Å²) in [5, 5.41) is 3.51. The number of benzene rings is 3. The maximum atomic E-state index is 5.80. The van der Waals surface area contributed by atoms with Gasteiger partial charge in [-0.2, -0.15) is 0 Å². The summed E-state index contributed by atoms with van der Waals surface area (Å²) < 4.78 is 11.4. The molecule has 3 aromatic carbocycles. The van der Waals surface area contributed by atoms with Crippen molar-refractivity contribution >= 4 is 0 Å².